The Bertz CT molecular complexity index is 290. The van der Waals surface area contributed by atoms with Gasteiger partial charge in [-0.25, -0.2) is 0 Å². The molecule has 0 aromatic carbocycles. The van der Waals surface area contributed by atoms with E-state index in [9.17, 15) is 9.59 Å². The molecule has 1 saturated carbocycles. The van der Waals surface area contributed by atoms with Crippen LogP contribution in [0.4, 0.5) is 0 Å². The first-order valence-electron chi connectivity index (χ1n) is 6.72. The van der Waals surface area contributed by atoms with Crippen molar-refractivity contribution in [3.05, 3.63) is 0 Å². The quantitative estimate of drug-likeness (QED) is 0.646. The number of nitrogens with two attached hydrogens (primary N) is 1. The molecule has 5 heteroatoms. The van der Waals surface area contributed by atoms with Gasteiger partial charge in [0.1, 0.15) is 6.54 Å². The summed E-state index contributed by atoms with van der Waals surface area (Å²) in [6.07, 6.45) is 4.37. The lowest BCUT2D eigenvalue weighted by molar-refractivity contribution is -0.144. The van der Waals surface area contributed by atoms with Crippen molar-refractivity contribution in [1.82, 2.24) is 4.90 Å². The molecule has 1 amide bonds. The standard InChI is InChI=1S/C13H24N2O3/c1-10(6-7-14)2-5-12(16)15(9-13(17)18)8-11-3-4-11/h10-11H,2-9,14H2,1H3,(H,17,18). The number of carbonyl (C=O) groups excluding carboxylic acids is 1. The fourth-order valence-electron chi connectivity index (χ4n) is 1.99. The summed E-state index contributed by atoms with van der Waals surface area (Å²) in [4.78, 5) is 24.2. The van der Waals surface area contributed by atoms with Gasteiger partial charge in [-0.2, -0.15) is 0 Å². The molecule has 1 aliphatic carbocycles. The zero-order valence-corrected chi connectivity index (χ0v) is 11.1. The molecule has 1 unspecified atom stereocenters. The summed E-state index contributed by atoms with van der Waals surface area (Å²) in [6.45, 7) is 3.15. The minimum atomic E-state index is -0.931. The fourth-order valence-corrected chi connectivity index (χ4v) is 1.99. The molecule has 104 valence electrons. The second-order valence-electron chi connectivity index (χ2n) is 5.33. The van der Waals surface area contributed by atoms with Crippen LogP contribution in [0.2, 0.25) is 0 Å². The van der Waals surface area contributed by atoms with Crippen molar-refractivity contribution >= 4 is 11.9 Å². The van der Waals surface area contributed by atoms with Gasteiger partial charge in [0.2, 0.25) is 5.91 Å². The van der Waals surface area contributed by atoms with Crippen molar-refractivity contribution < 1.29 is 14.7 Å². The van der Waals surface area contributed by atoms with Crippen molar-refractivity contribution in [3.8, 4) is 0 Å². The van der Waals surface area contributed by atoms with Crippen molar-refractivity contribution in [3.63, 3.8) is 0 Å². The maximum atomic E-state index is 12.0. The van der Waals surface area contributed by atoms with Crippen molar-refractivity contribution in [2.75, 3.05) is 19.6 Å². The predicted molar refractivity (Wildman–Crippen MR) is 69.0 cm³/mol. The number of nitrogens with zero attached hydrogens (tertiary/aromatic N) is 1. The summed E-state index contributed by atoms with van der Waals surface area (Å²) in [7, 11) is 0. The van der Waals surface area contributed by atoms with Gasteiger partial charge in [-0.1, -0.05) is 6.92 Å². The second-order valence-corrected chi connectivity index (χ2v) is 5.33. The minimum absolute atomic E-state index is 0.0341. The molecule has 0 heterocycles. The van der Waals surface area contributed by atoms with E-state index in [-0.39, 0.29) is 12.5 Å². The van der Waals surface area contributed by atoms with E-state index in [1.807, 2.05) is 0 Å². The van der Waals surface area contributed by atoms with E-state index in [1.165, 1.54) is 4.90 Å². The largest absolute Gasteiger partial charge is 0.480 e. The van der Waals surface area contributed by atoms with Gasteiger partial charge in [0.15, 0.2) is 0 Å². The Morgan fingerprint density at radius 3 is 2.56 bits per heavy atom. The third-order valence-electron chi connectivity index (χ3n) is 3.36. The monoisotopic (exact) mass is 256 g/mol. The Labute approximate surface area is 108 Å². The van der Waals surface area contributed by atoms with E-state index in [4.69, 9.17) is 10.8 Å². The van der Waals surface area contributed by atoms with Gasteiger partial charge in [0.05, 0.1) is 0 Å². The highest BCUT2D eigenvalue weighted by molar-refractivity contribution is 5.81. The summed E-state index contributed by atoms with van der Waals surface area (Å²) >= 11 is 0. The normalized spacial score (nSPS) is 16.3. The SMILES string of the molecule is CC(CCN)CCC(=O)N(CC(=O)O)CC1CC1. The highest BCUT2D eigenvalue weighted by atomic mass is 16.4. The Hall–Kier alpha value is -1.10. The maximum Gasteiger partial charge on any atom is 0.323 e. The smallest absolute Gasteiger partial charge is 0.323 e. The van der Waals surface area contributed by atoms with Crippen LogP contribution in [-0.2, 0) is 9.59 Å². The molecule has 0 spiro atoms. The summed E-state index contributed by atoms with van der Waals surface area (Å²) in [5.74, 6) is -0.0199. The van der Waals surface area contributed by atoms with Gasteiger partial charge >= 0.3 is 5.97 Å². The first-order chi connectivity index (χ1) is 8.52. The van der Waals surface area contributed by atoms with Crippen LogP contribution in [0.15, 0.2) is 0 Å². The minimum Gasteiger partial charge on any atom is -0.480 e. The average molecular weight is 256 g/mol. The molecule has 1 atom stereocenters. The first kappa shape index (κ1) is 15.0. The number of hydrogen-bond acceptors (Lipinski definition) is 3. The van der Waals surface area contributed by atoms with E-state index in [0.29, 0.717) is 31.3 Å². The molecule has 3 N–H and O–H groups in total. The van der Waals surface area contributed by atoms with Crippen molar-refractivity contribution in [2.45, 2.75) is 39.0 Å². The number of carboxylic acid groups (broad SMARTS) is 1. The first-order valence-corrected chi connectivity index (χ1v) is 6.72. The topological polar surface area (TPSA) is 83.6 Å². The zero-order chi connectivity index (χ0) is 13.5. The van der Waals surface area contributed by atoms with Crippen molar-refractivity contribution in [2.24, 2.45) is 17.6 Å². The molecule has 0 aromatic heterocycles. The van der Waals surface area contributed by atoms with Crippen LogP contribution in [-0.4, -0.2) is 41.5 Å². The summed E-state index contributed by atoms with van der Waals surface area (Å²) in [5.41, 5.74) is 5.46. The highest BCUT2D eigenvalue weighted by Crippen LogP contribution is 2.30. The molecule has 1 aliphatic rings. The molecule has 0 radical (unpaired) electrons. The van der Waals surface area contributed by atoms with E-state index in [2.05, 4.69) is 6.92 Å². The molecular weight excluding hydrogens is 232 g/mol. The van der Waals surface area contributed by atoms with E-state index < -0.39 is 5.97 Å². The molecule has 18 heavy (non-hydrogen) atoms. The molecule has 0 aromatic rings. The van der Waals surface area contributed by atoms with Gasteiger partial charge in [-0.3, -0.25) is 9.59 Å². The lowest BCUT2D eigenvalue weighted by Gasteiger charge is -2.21. The zero-order valence-electron chi connectivity index (χ0n) is 11.1. The Morgan fingerprint density at radius 1 is 1.39 bits per heavy atom. The van der Waals surface area contributed by atoms with Crippen LogP contribution in [0.1, 0.15) is 39.0 Å². The van der Waals surface area contributed by atoms with Crippen LogP contribution in [0.3, 0.4) is 0 Å². The van der Waals surface area contributed by atoms with Gasteiger partial charge < -0.3 is 15.7 Å². The number of rotatable bonds is 9. The third kappa shape index (κ3) is 6.00. The summed E-state index contributed by atoms with van der Waals surface area (Å²) in [5, 5.41) is 8.82. The van der Waals surface area contributed by atoms with E-state index in [0.717, 1.165) is 25.7 Å². The van der Waals surface area contributed by atoms with Crippen LogP contribution in [0.5, 0.6) is 0 Å². The van der Waals surface area contributed by atoms with Crippen LogP contribution in [0.25, 0.3) is 0 Å². The number of hydrogen-bond donors (Lipinski definition) is 2. The Kier molecular flexibility index (Phi) is 6.12. The lowest BCUT2D eigenvalue weighted by atomic mass is 10.0. The van der Waals surface area contributed by atoms with Crippen LogP contribution < -0.4 is 5.73 Å². The molecule has 5 nitrogen and oxygen atoms in total. The second kappa shape index (κ2) is 7.36. The number of amides is 1. The Morgan fingerprint density at radius 2 is 2.06 bits per heavy atom. The summed E-state index contributed by atoms with van der Waals surface area (Å²) < 4.78 is 0. The van der Waals surface area contributed by atoms with Crippen molar-refractivity contribution in [1.29, 1.82) is 0 Å². The van der Waals surface area contributed by atoms with E-state index >= 15 is 0 Å². The van der Waals surface area contributed by atoms with Crippen LogP contribution >= 0.6 is 0 Å². The number of carbonyl (C=O) groups is 2. The number of aliphatic carboxylic acids is 1. The molecule has 1 rings (SSSR count). The van der Waals surface area contributed by atoms with Gasteiger partial charge in [-0.05, 0) is 44.1 Å². The summed E-state index contributed by atoms with van der Waals surface area (Å²) in [6, 6.07) is 0. The molecule has 0 saturated heterocycles. The number of carboxylic acids is 1. The fraction of sp³-hybridized carbons (Fsp3) is 0.846. The third-order valence-corrected chi connectivity index (χ3v) is 3.36. The van der Waals surface area contributed by atoms with Gasteiger partial charge in [-0.15, -0.1) is 0 Å². The van der Waals surface area contributed by atoms with Crippen LogP contribution in [0, 0.1) is 11.8 Å². The molecule has 1 fully saturated rings. The van der Waals surface area contributed by atoms with E-state index in [1.54, 1.807) is 0 Å². The average Bonchev–Trinajstić information content (AvgIpc) is 3.08. The highest BCUT2D eigenvalue weighted by Gasteiger charge is 2.27. The molecule has 0 bridgehead atoms. The van der Waals surface area contributed by atoms with Gasteiger partial charge in [0, 0.05) is 13.0 Å². The van der Waals surface area contributed by atoms with Gasteiger partial charge in [0.25, 0.3) is 0 Å². The maximum absolute atomic E-state index is 12.0. The lowest BCUT2D eigenvalue weighted by Crippen LogP contribution is -2.37. The molecular formula is C13H24N2O3. The molecule has 0 aliphatic heterocycles. The predicted octanol–water partition coefficient (Wildman–Crippen LogP) is 1.07. The Balaban J connectivity index is 2.34.